The van der Waals surface area contributed by atoms with Crippen molar-refractivity contribution in [2.45, 2.75) is 13.8 Å². The summed E-state index contributed by atoms with van der Waals surface area (Å²) in [5.74, 6) is 0.197. The molecule has 0 saturated heterocycles. The first-order valence-corrected chi connectivity index (χ1v) is 3.45. The highest BCUT2D eigenvalue weighted by atomic mass is 14.7. The molecule has 0 aliphatic carbocycles. The molecule has 0 aromatic heterocycles. The zero-order chi connectivity index (χ0) is 8.85. The van der Waals surface area contributed by atoms with Gasteiger partial charge in [-0.2, -0.15) is 5.26 Å². The monoisotopic (exact) mass is 151 g/mol. The molecular weight excluding hydrogens is 138 g/mol. The third kappa shape index (κ3) is 2.85. The van der Waals surface area contributed by atoms with Crippen LogP contribution in [0.25, 0.3) is 0 Å². The van der Waals surface area contributed by atoms with E-state index in [-0.39, 0.29) is 5.92 Å². The van der Waals surface area contributed by atoms with Crippen LogP contribution in [0.4, 0.5) is 0 Å². The number of allylic oxidation sites excluding steroid dienone is 2. The van der Waals surface area contributed by atoms with E-state index in [4.69, 9.17) is 11.0 Å². The first-order valence-electron chi connectivity index (χ1n) is 3.45. The van der Waals surface area contributed by atoms with Gasteiger partial charge >= 0.3 is 0 Å². The molecule has 3 nitrogen and oxygen atoms in total. The molecule has 0 aromatic carbocycles. The molecule has 0 fully saturated rings. The fourth-order valence-electron chi connectivity index (χ4n) is 0.608. The van der Waals surface area contributed by atoms with Crippen molar-refractivity contribution in [3.63, 3.8) is 0 Å². The normalized spacial score (nSPS) is 13.4. The second-order valence-corrected chi connectivity index (χ2v) is 2.52. The molecule has 0 unspecified atom stereocenters. The lowest BCUT2D eigenvalue weighted by molar-refractivity contribution is 0.754. The summed E-state index contributed by atoms with van der Waals surface area (Å²) in [4.78, 5) is 3.72. The number of aliphatic imine (C=N–C) groups is 1. The second kappa shape index (κ2) is 4.51. The Bertz CT molecular complexity index is 218. The van der Waals surface area contributed by atoms with Crippen LogP contribution in [0.2, 0.25) is 0 Å². The van der Waals surface area contributed by atoms with Gasteiger partial charge in [-0.1, -0.05) is 13.8 Å². The van der Waals surface area contributed by atoms with Gasteiger partial charge in [-0.3, -0.25) is 4.99 Å². The Kier molecular flexibility index (Phi) is 3.97. The predicted molar refractivity (Wildman–Crippen MR) is 46.1 cm³/mol. The standard InChI is InChI=1S/C8H13N3/c1-6(2)8(10)7(4-9)5-11-3/h5-6H,10H2,1-3H3/b8-7-,11-5?. The highest BCUT2D eigenvalue weighted by Gasteiger charge is 2.03. The maximum Gasteiger partial charge on any atom is 0.103 e. The third-order valence-electron chi connectivity index (χ3n) is 1.31. The van der Waals surface area contributed by atoms with Gasteiger partial charge in [0.2, 0.25) is 0 Å². The summed E-state index contributed by atoms with van der Waals surface area (Å²) in [6, 6.07) is 1.99. The Morgan fingerprint density at radius 3 is 2.45 bits per heavy atom. The van der Waals surface area contributed by atoms with Gasteiger partial charge in [0.15, 0.2) is 0 Å². The van der Waals surface area contributed by atoms with Crippen LogP contribution in [0.15, 0.2) is 16.3 Å². The van der Waals surface area contributed by atoms with E-state index in [1.807, 2.05) is 19.9 Å². The lowest BCUT2D eigenvalue weighted by Crippen LogP contribution is -2.09. The zero-order valence-corrected chi connectivity index (χ0v) is 7.13. The summed E-state index contributed by atoms with van der Waals surface area (Å²) < 4.78 is 0. The van der Waals surface area contributed by atoms with Crippen molar-refractivity contribution in [3.05, 3.63) is 11.3 Å². The second-order valence-electron chi connectivity index (χ2n) is 2.52. The third-order valence-corrected chi connectivity index (χ3v) is 1.31. The predicted octanol–water partition coefficient (Wildman–Crippen LogP) is 1.08. The number of nitrogens with zero attached hydrogens (tertiary/aromatic N) is 2. The highest BCUT2D eigenvalue weighted by molar-refractivity contribution is 5.84. The minimum atomic E-state index is 0.197. The molecule has 0 saturated carbocycles. The van der Waals surface area contributed by atoms with E-state index >= 15 is 0 Å². The van der Waals surface area contributed by atoms with Gasteiger partial charge in [0, 0.05) is 19.0 Å². The topological polar surface area (TPSA) is 62.2 Å². The average Bonchev–Trinajstić information content (AvgIpc) is 1.98. The summed E-state index contributed by atoms with van der Waals surface area (Å²) in [5, 5.41) is 8.60. The van der Waals surface area contributed by atoms with Gasteiger partial charge < -0.3 is 5.73 Å². The van der Waals surface area contributed by atoms with E-state index in [1.54, 1.807) is 7.05 Å². The molecule has 0 heterocycles. The molecule has 11 heavy (non-hydrogen) atoms. The van der Waals surface area contributed by atoms with Gasteiger partial charge in [0.25, 0.3) is 0 Å². The largest absolute Gasteiger partial charge is 0.401 e. The molecule has 0 atom stereocenters. The molecule has 0 aliphatic heterocycles. The number of hydrogen-bond acceptors (Lipinski definition) is 3. The van der Waals surface area contributed by atoms with Crippen LogP contribution in [0.3, 0.4) is 0 Å². The van der Waals surface area contributed by atoms with E-state index in [1.165, 1.54) is 6.21 Å². The first kappa shape index (κ1) is 9.70. The summed E-state index contributed by atoms with van der Waals surface area (Å²) in [5.41, 5.74) is 6.68. The summed E-state index contributed by atoms with van der Waals surface area (Å²) in [6.07, 6.45) is 1.48. The molecular formula is C8H13N3. The lowest BCUT2D eigenvalue weighted by Gasteiger charge is -2.04. The first-order chi connectivity index (χ1) is 5.13. The van der Waals surface area contributed by atoms with E-state index in [2.05, 4.69) is 4.99 Å². The maximum atomic E-state index is 8.60. The molecule has 0 aliphatic rings. The minimum absolute atomic E-state index is 0.197. The van der Waals surface area contributed by atoms with Crippen molar-refractivity contribution in [1.82, 2.24) is 0 Å². The molecule has 0 amide bonds. The van der Waals surface area contributed by atoms with Crippen molar-refractivity contribution in [1.29, 1.82) is 5.26 Å². The number of nitrogens with two attached hydrogens (primary N) is 1. The summed E-state index contributed by atoms with van der Waals surface area (Å²) >= 11 is 0. The quantitative estimate of drug-likeness (QED) is 0.474. The van der Waals surface area contributed by atoms with E-state index in [0.717, 1.165) is 0 Å². The van der Waals surface area contributed by atoms with Crippen molar-refractivity contribution in [2.24, 2.45) is 16.6 Å². The minimum Gasteiger partial charge on any atom is -0.401 e. The molecule has 0 aromatic rings. The molecule has 60 valence electrons. The number of rotatable bonds is 2. The average molecular weight is 151 g/mol. The SMILES string of the molecule is CN=C/C(C#N)=C(\N)C(C)C. The number of hydrogen-bond donors (Lipinski definition) is 1. The fourth-order valence-corrected chi connectivity index (χ4v) is 0.608. The molecule has 0 radical (unpaired) electrons. The van der Waals surface area contributed by atoms with E-state index in [0.29, 0.717) is 11.3 Å². The molecule has 0 bridgehead atoms. The molecule has 3 heteroatoms. The van der Waals surface area contributed by atoms with Crippen molar-refractivity contribution in [2.75, 3.05) is 7.05 Å². The lowest BCUT2D eigenvalue weighted by atomic mass is 10.1. The van der Waals surface area contributed by atoms with E-state index in [9.17, 15) is 0 Å². The zero-order valence-electron chi connectivity index (χ0n) is 7.13. The van der Waals surface area contributed by atoms with Crippen LogP contribution in [0.5, 0.6) is 0 Å². The number of nitriles is 1. The van der Waals surface area contributed by atoms with Crippen molar-refractivity contribution >= 4 is 6.21 Å². The van der Waals surface area contributed by atoms with Crippen LogP contribution < -0.4 is 5.73 Å². The Morgan fingerprint density at radius 2 is 2.18 bits per heavy atom. The van der Waals surface area contributed by atoms with Gasteiger partial charge in [0.05, 0.1) is 5.57 Å². The molecule has 2 N–H and O–H groups in total. The van der Waals surface area contributed by atoms with Crippen LogP contribution in [-0.4, -0.2) is 13.3 Å². The van der Waals surface area contributed by atoms with Crippen molar-refractivity contribution < 1.29 is 0 Å². The van der Waals surface area contributed by atoms with Crippen molar-refractivity contribution in [3.8, 4) is 6.07 Å². The van der Waals surface area contributed by atoms with Crippen LogP contribution in [-0.2, 0) is 0 Å². The van der Waals surface area contributed by atoms with Gasteiger partial charge in [0.1, 0.15) is 6.07 Å². The Balaban J connectivity index is 4.72. The maximum absolute atomic E-state index is 8.60. The summed E-state index contributed by atoms with van der Waals surface area (Å²) in [6.45, 7) is 3.88. The Labute approximate surface area is 67.2 Å². The van der Waals surface area contributed by atoms with Gasteiger partial charge in [-0.05, 0) is 5.92 Å². The summed E-state index contributed by atoms with van der Waals surface area (Å²) in [7, 11) is 1.62. The Hall–Kier alpha value is -1.30. The van der Waals surface area contributed by atoms with E-state index < -0.39 is 0 Å². The smallest absolute Gasteiger partial charge is 0.103 e. The van der Waals surface area contributed by atoms with Gasteiger partial charge in [-0.15, -0.1) is 0 Å². The molecule has 0 rings (SSSR count). The Morgan fingerprint density at radius 1 is 1.64 bits per heavy atom. The van der Waals surface area contributed by atoms with Crippen LogP contribution in [0, 0.1) is 17.2 Å². The van der Waals surface area contributed by atoms with Gasteiger partial charge in [-0.25, -0.2) is 0 Å². The van der Waals surface area contributed by atoms with Crippen LogP contribution >= 0.6 is 0 Å². The fraction of sp³-hybridized carbons (Fsp3) is 0.500. The van der Waals surface area contributed by atoms with Crippen LogP contribution in [0.1, 0.15) is 13.8 Å². The highest BCUT2D eigenvalue weighted by Crippen LogP contribution is 2.06. The molecule has 0 spiro atoms.